The van der Waals surface area contributed by atoms with Gasteiger partial charge in [0.05, 0.1) is 5.92 Å². The van der Waals surface area contributed by atoms with Crippen LogP contribution in [0.25, 0.3) is 10.8 Å². The number of fused-ring (bicyclic) bond motifs is 1. The third-order valence-corrected chi connectivity index (χ3v) is 5.53. The van der Waals surface area contributed by atoms with Crippen LogP contribution in [0.15, 0.2) is 66.7 Å². The van der Waals surface area contributed by atoms with Crippen molar-refractivity contribution in [3.63, 3.8) is 0 Å². The standard InChI is InChI=1S/C24H25FN2O/c25-22-12-10-18(11-13-22)16-27-14-4-8-21(17-27)24(28)26-15-20-7-3-6-19-5-1-2-9-23(19)20/h1-3,5-7,9-13,21H,4,8,14-17H2,(H,26,28)/t21-/m1/s1. The van der Waals surface area contributed by atoms with Crippen molar-refractivity contribution < 1.29 is 9.18 Å². The van der Waals surface area contributed by atoms with Crippen LogP contribution in [0, 0.1) is 11.7 Å². The topological polar surface area (TPSA) is 32.3 Å². The van der Waals surface area contributed by atoms with Crippen LogP contribution in [-0.2, 0) is 17.9 Å². The first kappa shape index (κ1) is 18.6. The second-order valence-electron chi connectivity index (χ2n) is 7.56. The maximum Gasteiger partial charge on any atom is 0.224 e. The van der Waals surface area contributed by atoms with E-state index in [1.165, 1.54) is 22.9 Å². The van der Waals surface area contributed by atoms with E-state index in [0.717, 1.165) is 43.6 Å². The molecule has 0 saturated carbocycles. The third-order valence-electron chi connectivity index (χ3n) is 5.53. The maximum absolute atomic E-state index is 13.1. The van der Waals surface area contributed by atoms with Crippen LogP contribution in [0.3, 0.4) is 0 Å². The summed E-state index contributed by atoms with van der Waals surface area (Å²) < 4.78 is 13.1. The molecule has 1 aliphatic rings. The predicted octanol–water partition coefficient (Wildman–Crippen LogP) is 4.51. The van der Waals surface area contributed by atoms with Crippen LogP contribution in [-0.4, -0.2) is 23.9 Å². The van der Waals surface area contributed by atoms with Crippen molar-refractivity contribution in [2.45, 2.75) is 25.9 Å². The normalized spacial score (nSPS) is 17.5. The third kappa shape index (κ3) is 4.39. The summed E-state index contributed by atoms with van der Waals surface area (Å²) >= 11 is 0. The number of hydrogen-bond acceptors (Lipinski definition) is 2. The van der Waals surface area contributed by atoms with E-state index in [0.29, 0.717) is 6.54 Å². The molecule has 0 bridgehead atoms. The number of nitrogens with zero attached hydrogens (tertiary/aromatic N) is 1. The summed E-state index contributed by atoms with van der Waals surface area (Å²) in [6.45, 7) is 3.03. The molecule has 4 heteroatoms. The fourth-order valence-corrected chi connectivity index (χ4v) is 4.03. The van der Waals surface area contributed by atoms with E-state index in [4.69, 9.17) is 0 Å². The first-order valence-corrected chi connectivity index (χ1v) is 9.90. The molecule has 3 aromatic carbocycles. The Hall–Kier alpha value is -2.72. The Bertz CT molecular complexity index is 949. The van der Waals surface area contributed by atoms with Gasteiger partial charge in [-0.25, -0.2) is 4.39 Å². The van der Waals surface area contributed by atoms with Crippen LogP contribution in [0.4, 0.5) is 4.39 Å². The minimum absolute atomic E-state index is 0.00387. The molecule has 1 aliphatic heterocycles. The van der Waals surface area contributed by atoms with Crippen molar-refractivity contribution in [3.8, 4) is 0 Å². The molecule has 4 rings (SSSR count). The summed E-state index contributed by atoms with van der Waals surface area (Å²) in [7, 11) is 0. The highest BCUT2D eigenvalue weighted by atomic mass is 19.1. The summed E-state index contributed by atoms with van der Waals surface area (Å²) in [5.74, 6) is -0.0889. The van der Waals surface area contributed by atoms with Crippen molar-refractivity contribution in [1.82, 2.24) is 10.2 Å². The van der Waals surface area contributed by atoms with E-state index in [9.17, 15) is 9.18 Å². The van der Waals surface area contributed by atoms with E-state index in [2.05, 4.69) is 34.5 Å². The summed E-state index contributed by atoms with van der Waals surface area (Å²) in [5.41, 5.74) is 2.23. The lowest BCUT2D eigenvalue weighted by molar-refractivity contribution is -0.126. The van der Waals surface area contributed by atoms with Gasteiger partial charge in [0, 0.05) is 19.6 Å². The van der Waals surface area contributed by atoms with E-state index in [-0.39, 0.29) is 17.6 Å². The number of carbonyl (C=O) groups is 1. The molecular formula is C24H25FN2O. The predicted molar refractivity (Wildman–Crippen MR) is 110 cm³/mol. The molecule has 1 N–H and O–H groups in total. The second-order valence-corrected chi connectivity index (χ2v) is 7.56. The smallest absolute Gasteiger partial charge is 0.224 e. The zero-order valence-electron chi connectivity index (χ0n) is 15.9. The highest BCUT2D eigenvalue weighted by Gasteiger charge is 2.25. The van der Waals surface area contributed by atoms with E-state index in [1.807, 2.05) is 30.3 Å². The average molecular weight is 376 g/mol. The average Bonchev–Trinajstić information content (AvgIpc) is 2.74. The molecule has 0 unspecified atom stereocenters. The van der Waals surface area contributed by atoms with Crippen LogP contribution in [0.1, 0.15) is 24.0 Å². The van der Waals surface area contributed by atoms with Gasteiger partial charge in [0.1, 0.15) is 5.82 Å². The van der Waals surface area contributed by atoms with Gasteiger partial charge in [0.2, 0.25) is 5.91 Å². The Kier molecular flexibility index (Phi) is 5.68. The fraction of sp³-hybridized carbons (Fsp3) is 0.292. The van der Waals surface area contributed by atoms with Gasteiger partial charge >= 0.3 is 0 Å². The van der Waals surface area contributed by atoms with Crippen LogP contribution in [0.5, 0.6) is 0 Å². The van der Waals surface area contributed by atoms with Crippen molar-refractivity contribution in [2.75, 3.05) is 13.1 Å². The Morgan fingerprint density at radius 1 is 1.04 bits per heavy atom. The van der Waals surface area contributed by atoms with E-state index in [1.54, 1.807) is 0 Å². The maximum atomic E-state index is 13.1. The zero-order chi connectivity index (χ0) is 19.3. The monoisotopic (exact) mass is 376 g/mol. The number of hydrogen-bond donors (Lipinski definition) is 1. The first-order valence-electron chi connectivity index (χ1n) is 9.90. The lowest BCUT2D eigenvalue weighted by Gasteiger charge is -2.32. The molecule has 0 aliphatic carbocycles. The first-order chi connectivity index (χ1) is 13.7. The molecule has 3 nitrogen and oxygen atoms in total. The quantitative estimate of drug-likeness (QED) is 0.711. The van der Waals surface area contributed by atoms with Gasteiger partial charge in [-0.1, -0.05) is 54.6 Å². The van der Waals surface area contributed by atoms with Crippen molar-refractivity contribution >= 4 is 16.7 Å². The number of halogens is 1. The Morgan fingerprint density at radius 2 is 1.82 bits per heavy atom. The molecule has 1 amide bonds. The molecule has 1 atom stereocenters. The number of carbonyl (C=O) groups excluding carboxylic acids is 1. The number of likely N-dealkylation sites (tertiary alicyclic amines) is 1. The summed E-state index contributed by atoms with van der Waals surface area (Å²) in [6, 6.07) is 21.1. The minimum Gasteiger partial charge on any atom is -0.352 e. The summed E-state index contributed by atoms with van der Waals surface area (Å²) in [6.07, 6.45) is 1.93. The van der Waals surface area contributed by atoms with Gasteiger partial charge in [-0.05, 0) is 53.4 Å². The molecule has 3 aromatic rings. The highest BCUT2D eigenvalue weighted by molar-refractivity contribution is 5.86. The molecule has 1 fully saturated rings. The minimum atomic E-state index is -0.215. The van der Waals surface area contributed by atoms with Crippen LogP contribution >= 0.6 is 0 Å². The Morgan fingerprint density at radius 3 is 2.68 bits per heavy atom. The number of amides is 1. The SMILES string of the molecule is O=C(NCc1cccc2ccccc12)[C@@H]1CCCN(Cc2ccc(F)cc2)C1. The molecule has 0 aromatic heterocycles. The zero-order valence-corrected chi connectivity index (χ0v) is 15.9. The van der Waals surface area contributed by atoms with Gasteiger partial charge in [-0.2, -0.15) is 0 Å². The molecular weight excluding hydrogens is 351 g/mol. The van der Waals surface area contributed by atoms with Gasteiger partial charge < -0.3 is 5.32 Å². The lowest BCUT2D eigenvalue weighted by Crippen LogP contribution is -2.42. The number of rotatable bonds is 5. The molecule has 28 heavy (non-hydrogen) atoms. The van der Waals surface area contributed by atoms with Gasteiger partial charge in [0.25, 0.3) is 0 Å². The Balaban J connectivity index is 1.35. The largest absolute Gasteiger partial charge is 0.352 e. The summed E-state index contributed by atoms with van der Waals surface area (Å²) in [4.78, 5) is 15.1. The lowest BCUT2D eigenvalue weighted by atomic mass is 9.96. The van der Waals surface area contributed by atoms with E-state index < -0.39 is 0 Å². The van der Waals surface area contributed by atoms with Gasteiger partial charge in [-0.15, -0.1) is 0 Å². The van der Waals surface area contributed by atoms with Crippen molar-refractivity contribution in [1.29, 1.82) is 0 Å². The summed E-state index contributed by atoms with van der Waals surface area (Å²) in [5, 5.41) is 5.52. The van der Waals surface area contributed by atoms with E-state index >= 15 is 0 Å². The molecule has 144 valence electrons. The Labute approximate surface area is 165 Å². The molecule has 1 saturated heterocycles. The van der Waals surface area contributed by atoms with Crippen molar-refractivity contribution in [2.24, 2.45) is 5.92 Å². The number of nitrogens with one attached hydrogen (secondary N) is 1. The second kappa shape index (κ2) is 8.53. The van der Waals surface area contributed by atoms with Gasteiger partial charge in [-0.3, -0.25) is 9.69 Å². The van der Waals surface area contributed by atoms with Crippen LogP contribution in [0.2, 0.25) is 0 Å². The molecule has 0 spiro atoms. The van der Waals surface area contributed by atoms with Crippen LogP contribution < -0.4 is 5.32 Å². The molecule has 0 radical (unpaired) electrons. The highest BCUT2D eigenvalue weighted by Crippen LogP contribution is 2.21. The number of piperidine rings is 1. The number of benzene rings is 3. The molecule has 1 heterocycles. The van der Waals surface area contributed by atoms with Gasteiger partial charge in [0.15, 0.2) is 0 Å². The van der Waals surface area contributed by atoms with Crippen molar-refractivity contribution in [3.05, 3.63) is 83.7 Å². The fourth-order valence-electron chi connectivity index (χ4n) is 4.03.